The van der Waals surface area contributed by atoms with E-state index in [0.29, 0.717) is 0 Å². The first-order valence-electron chi connectivity index (χ1n) is 5.89. The maximum Gasteiger partial charge on any atom is 0.320 e. The first kappa shape index (κ1) is 14.4. The van der Waals surface area contributed by atoms with E-state index in [2.05, 4.69) is 10.6 Å². The summed E-state index contributed by atoms with van der Waals surface area (Å²) in [5, 5.41) is 14.0. The molecule has 0 aromatic rings. The predicted molar refractivity (Wildman–Crippen MR) is 63.9 cm³/mol. The summed E-state index contributed by atoms with van der Waals surface area (Å²) in [5.41, 5.74) is 0. The smallest absolute Gasteiger partial charge is 0.320 e. The number of aliphatic carboxylic acids is 1. The van der Waals surface area contributed by atoms with Crippen LogP contribution >= 0.6 is 0 Å². The number of carboxylic acid groups (broad SMARTS) is 1. The van der Waals surface area contributed by atoms with Crippen LogP contribution in [0.5, 0.6) is 0 Å². The molecule has 1 atom stereocenters. The summed E-state index contributed by atoms with van der Waals surface area (Å²) in [6.45, 7) is 1.36. The van der Waals surface area contributed by atoms with Crippen LogP contribution in [0.2, 0.25) is 0 Å². The SMILES string of the molecule is C[C@H](NCC(=O)N(C)CC(=O)NC1CC1)C(=O)O. The number of carbonyl (C=O) groups excluding carboxylic acids is 2. The van der Waals surface area contributed by atoms with Gasteiger partial charge in [0.05, 0.1) is 13.1 Å². The molecule has 102 valence electrons. The minimum atomic E-state index is -1.02. The van der Waals surface area contributed by atoms with Gasteiger partial charge in [0.1, 0.15) is 6.04 Å². The van der Waals surface area contributed by atoms with Gasteiger partial charge in [-0.3, -0.25) is 19.7 Å². The third kappa shape index (κ3) is 5.13. The van der Waals surface area contributed by atoms with E-state index >= 15 is 0 Å². The highest BCUT2D eigenvalue weighted by atomic mass is 16.4. The van der Waals surface area contributed by atoms with Gasteiger partial charge in [0.2, 0.25) is 11.8 Å². The van der Waals surface area contributed by atoms with Crippen LogP contribution in [0.25, 0.3) is 0 Å². The van der Waals surface area contributed by atoms with Gasteiger partial charge < -0.3 is 15.3 Å². The van der Waals surface area contributed by atoms with Gasteiger partial charge in [0.15, 0.2) is 0 Å². The lowest BCUT2D eigenvalue weighted by Gasteiger charge is -2.18. The van der Waals surface area contributed by atoms with Crippen molar-refractivity contribution in [2.24, 2.45) is 0 Å². The average molecular weight is 257 g/mol. The van der Waals surface area contributed by atoms with Crippen LogP contribution in [0.3, 0.4) is 0 Å². The highest BCUT2D eigenvalue weighted by molar-refractivity contribution is 5.86. The van der Waals surface area contributed by atoms with Crippen LogP contribution in [0.1, 0.15) is 19.8 Å². The summed E-state index contributed by atoms with van der Waals surface area (Å²) < 4.78 is 0. The van der Waals surface area contributed by atoms with E-state index in [4.69, 9.17) is 5.11 Å². The molecule has 0 heterocycles. The fraction of sp³-hybridized carbons (Fsp3) is 0.727. The summed E-state index contributed by atoms with van der Waals surface area (Å²) in [5.74, 6) is -1.51. The van der Waals surface area contributed by atoms with E-state index in [9.17, 15) is 14.4 Å². The Morgan fingerprint density at radius 1 is 1.39 bits per heavy atom. The molecular formula is C11H19N3O4. The van der Waals surface area contributed by atoms with Gasteiger partial charge in [-0.2, -0.15) is 0 Å². The zero-order chi connectivity index (χ0) is 13.7. The molecule has 0 aromatic carbocycles. The van der Waals surface area contributed by atoms with E-state index in [1.54, 1.807) is 0 Å². The molecule has 2 amide bonds. The van der Waals surface area contributed by atoms with Crippen LogP contribution in [0.15, 0.2) is 0 Å². The Balaban J connectivity index is 2.22. The third-order valence-electron chi connectivity index (χ3n) is 2.68. The fourth-order valence-electron chi connectivity index (χ4n) is 1.27. The van der Waals surface area contributed by atoms with Gasteiger partial charge in [-0.1, -0.05) is 0 Å². The minimum Gasteiger partial charge on any atom is -0.480 e. The summed E-state index contributed by atoms with van der Waals surface area (Å²) in [7, 11) is 1.52. The molecule has 0 saturated heterocycles. The molecule has 18 heavy (non-hydrogen) atoms. The second kappa shape index (κ2) is 6.34. The molecule has 3 N–H and O–H groups in total. The average Bonchev–Trinajstić information content (AvgIpc) is 3.08. The van der Waals surface area contributed by atoms with Crippen molar-refractivity contribution >= 4 is 17.8 Å². The zero-order valence-electron chi connectivity index (χ0n) is 10.6. The third-order valence-corrected chi connectivity index (χ3v) is 2.68. The quantitative estimate of drug-likeness (QED) is 0.531. The Morgan fingerprint density at radius 2 is 2.00 bits per heavy atom. The first-order valence-corrected chi connectivity index (χ1v) is 5.89. The number of likely N-dealkylation sites (N-methyl/N-ethyl adjacent to an activating group) is 1. The number of nitrogens with zero attached hydrogens (tertiary/aromatic N) is 1. The molecule has 7 heteroatoms. The molecule has 1 rings (SSSR count). The van der Waals surface area contributed by atoms with Crippen molar-refractivity contribution in [1.29, 1.82) is 0 Å². The van der Waals surface area contributed by atoms with Crippen molar-refractivity contribution in [3.8, 4) is 0 Å². The van der Waals surface area contributed by atoms with Crippen LogP contribution in [-0.2, 0) is 14.4 Å². The number of hydrogen-bond acceptors (Lipinski definition) is 4. The number of hydrogen-bond donors (Lipinski definition) is 3. The van der Waals surface area contributed by atoms with E-state index < -0.39 is 12.0 Å². The maximum atomic E-state index is 11.6. The highest BCUT2D eigenvalue weighted by Gasteiger charge is 2.24. The van der Waals surface area contributed by atoms with Crippen molar-refractivity contribution in [3.63, 3.8) is 0 Å². The van der Waals surface area contributed by atoms with Crippen LogP contribution in [0, 0.1) is 0 Å². The minimum absolute atomic E-state index is 0.00152. The summed E-state index contributed by atoms with van der Waals surface area (Å²) >= 11 is 0. The Kier molecular flexibility index (Phi) is 5.08. The Morgan fingerprint density at radius 3 is 2.50 bits per heavy atom. The largest absolute Gasteiger partial charge is 0.480 e. The second-order valence-electron chi connectivity index (χ2n) is 4.53. The van der Waals surface area contributed by atoms with Crippen LogP contribution in [-0.4, -0.2) is 60.0 Å². The number of rotatable bonds is 7. The Hall–Kier alpha value is -1.63. The van der Waals surface area contributed by atoms with Gasteiger partial charge in [0.25, 0.3) is 0 Å². The molecule has 1 saturated carbocycles. The van der Waals surface area contributed by atoms with Crippen LogP contribution < -0.4 is 10.6 Å². The lowest BCUT2D eigenvalue weighted by atomic mass is 10.3. The molecule has 0 radical (unpaired) electrons. The van der Waals surface area contributed by atoms with Crippen molar-refractivity contribution in [1.82, 2.24) is 15.5 Å². The first-order chi connectivity index (χ1) is 8.40. The van der Waals surface area contributed by atoms with Crippen molar-refractivity contribution in [3.05, 3.63) is 0 Å². The van der Waals surface area contributed by atoms with Gasteiger partial charge in [0, 0.05) is 13.1 Å². The standard InChI is InChI=1S/C11H19N3O4/c1-7(11(17)18)12-5-10(16)14(2)6-9(15)13-8-3-4-8/h7-8,12H,3-6H2,1-2H3,(H,13,15)(H,17,18)/t7-/m0/s1. The summed E-state index contributed by atoms with van der Waals surface area (Å²) in [4.78, 5) is 34.8. The Bertz CT molecular complexity index is 341. The number of amides is 2. The highest BCUT2D eigenvalue weighted by Crippen LogP contribution is 2.18. The molecule has 0 aliphatic heterocycles. The van der Waals surface area contributed by atoms with Crippen molar-refractivity contribution in [2.45, 2.75) is 31.8 Å². The molecule has 0 unspecified atom stereocenters. The lowest BCUT2D eigenvalue weighted by Crippen LogP contribution is -2.45. The molecule has 0 bridgehead atoms. The van der Waals surface area contributed by atoms with Gasteiger partial charge in [-0.05, 0) is 19.8 Å². The normalized spacial score (nSPS) is 15.9. The van der Waals surface area contributed by atoms with Crippen molar-refractivity contribution < 1.29 is 19.5 Å². The van der Waals surface area contributed by atoms with E-state index in [1.165, 1.54) is 18.9 Å². The fourth-order valence-corrected chi connectivity index (χ4v) is 1.27. The number of carbonyl (C=O) groups is 3. The molecule has 1 aliphatic carbocycles. The number of nitrogens with one attached hydrogen (secondary N) is 2. The lowest BCUT2D eigenvalue weighted by molar-refractivity contribution is -0.139. The van der Waals surface area contributed by atoms with Gasteiger partial charge in [-0.25, -0.2) is 0 Å². The van der Waals surface area contributed by atoms with Gasteiger partial charge >= 0.3 is 5.97 Å². The molecule has 0 spiro atoms. The van der Waals surface area contributed by atoms with Crippen LogP contribution in [0.4, 0.5) is 0 Å². The number of carboxylic acids is 1. The molecular weight excluding hydrogens is 238 g/mol. The van der Waals surface area contributed by atoms with Gasteiger partial charge in [-0.15, -0.1) is 0 Å². The monoisotopic (exact) mass is 257 g/mol. The molecule has 0 aromatic heterocycles. The maximum absolute atomic E-state index is 11.6. The summed E-state index contributed by atoms with van der Waals surface area (Å²) in [6, 6.07) is -0.520. The van der Waals surface area contributed by atoms with E-state index in [1.807, 2.05) is 0 Å². The van der Waals surface area contributed by atoms with E-state index in [0.717, 1.165) is 12.8 Å². The molecule has 1 aliphatic rings. The molecule has 7 nitrogen and oxygen atoms in total. The summed E-state index contributed by atoms with van der Waals surface area (Å²) in [6.07, 6.45) is 2.00. The zero-order valence-corrected chi connectivity index (χ0v) is 10.6. The molecule has 1 fully saturated rings. The topological polar surface area (TPSA) is 98.7 Å². The predicted octanol–water partition coefficient (Wildman–Crippen LogP) is -1.21. The Labute approximate surface area is 106 Å². The van der Waals surface area contributed by atoms with Crippen molar-refractivity contribution in [2.75, 3.05) is 20.1 Å². The second-order valence-corrected chi connectivity index (χ2v) is 4.53. The van der Waals surface area contributed by atoms with E-state index in [-0.39, 0.29) is 30.9 Å².